The van der Waals surface area contributed by atoms with Gasteiger partial charge in [0.15, 0.2) is 5.65 Å². The molecule has 1 N–H and O–H groups in total. The number of rotatable bonds is 4. The van der Waals surface area contributed by atoms with Crippen LogP contribution in [0.1, 0.15) is 11.3 Å². The van der Waals surface area contributed by atoms with Gasteiger partial charge in [-0.15, -0.1) is 0 Å². The van der Waals surface area contributed by atoms with Crippen LogP contribution in [0.3, 0.4) is 0 Å². The summed E-state index contributed by atoms with van der Waals surface area (Å²) in [5.41, 5.74) is 3.06. The molecule has 0 aromatic carbocycles. The highest BCUT2D eigenvalue weighted by molar-refractivity contribution is 5.80. The van der Waals surface area contributed by atoms with Gasteiger partial charge in [-0.2, -0.15) is 0 Å². The fraction of sp³-hybridized carbons (Fsp3) is 0.429. The van der Waals surface area contributed by atoms with Crippen molar-refractivity contribution in [2.24, 2.45) is 0 Å². The smallest absolute Gasteiger partial charge is 0.162 e. The summed E-state index contributed by atoms with van der Waals surface area (Å²) in [6, 6.07) is 6.19. The first-order valence-corrected chi connectivity index (χ1v) is 6.20. The van der Waals surface area contributed by atoms with Crippen molar-refractivity contribution >= 4 is 16.9 Å². The van der Waals surface area contributed by atoms with Gasteiger partial charge in [0.25, 0.3) is 0 Å². The SMILES string of the molecule is Cc1cc(C)c2ccc(NCCN(C)C)nc2n1. The Morgan fingerprint density at radius 3 is 2.67 bits per heavy atom. The molecule has 0 saturated carbocycles. The van der Waals surface area contributed by atoms with Crippen molar-refractivity contribution in [3.05, 3.63) is 29.5 Å². The Bertz CT molecular complexity index is 549. The van der Waals surface area contributed by atoms with Crippen LogP contribution in [0, 0.1) is 13.8 Å². The molecule has 96 valence electrons. The summed E-state index contributed by atoms with van der Waals surface area (Å²) >= 11 is 0. The van der Waals surface area contributed by atoms with E-state index in [0.717, 1.165) is 35.6 Å². The highest BCUT2D eigenvalue weighted by Gasteiger charge is 2.03. The maximum atomic E-state index is 4.55. The summed E-state index contributed by atoms with van der Waals surface area (Å²) in [5.74, 6) is 0.891. The van der Waals surface area contributed by atoms with E-state index < -0.39 is 0 Å². The van der Waals surface area contributed by atoms with Crippen LogP contribution in [0.15, 0.2) is 18.2 Å². The Hall–Kier alpha value is -1.68. The van der Waals surface area contributed by atoms with E-state index in [0.29, 0.717) is 0 Å². The fourth-order valence-electron chi connectivity index (χ4n) is 1.94. The molecule has 18 heavy (non-hydrogen) atoms. The molecular formula is C14H20N4. The number of hydrogen-bond acceptors (Lipinski definition) is 4. The minimum Gasteiger partial charge on any atom is -0.369 e. The van der Waals surface area contributed by atoms with Crippen LogP contribution in [-0.4, -0.2) is 42.1 Å². The van der Waals surface area contributed by atoms with Gasteiger partial charge < -0.3 is 10.2 Å². The van der Waals surface area contributed by atoms with E-state index in [1.807, 2.05) is 13.0 Å². The first kappa shape index (κ1) is 12.8. The Labute approximate surface area is 108 Å². The summed E-state index contributed by atoms with van der Waals surface area (Å²) in [4.78, 5) is 11.2. The van der Waals surface area contributed by atoms with Crippen LogP contribution < -0.4 is 5.32 Å². The number of aromatic nitrogens is 2. The molecule has 0 fully saturated rings. The molecule has 4 heteroatoms. The van der Waals surface area contributed by atoms with E-state index in [1.54, 1.807) is 0 Å². The molecular weight excluding hydrogens is 224 g/mol. The molecule has 2 aromatic rings. The lowest BCUT2D eigenvalue weighted by Gasteiger charge is -2.11. The quantitative estimate of drug-likeness (QED) is 0.895. The number of anilines is 1. The Morgan fingerprint density at radius 1 is 1.17 bits per heavy atom. The van der Waals surface area contributed by atoms with E-state index in [2.05, 4.69) is 53.3 Å². The predicted molar refractivity (Wildman–Crippen MR) is 76.1 cm³/mol. The number of likely N-dealkylation sites (N-methyl/N-ethyl adjacent to an activating group) is 1. The third-order valence-electron chi connectivity index (χ3n) is 2.87. The third kappa shape index (κ3) is 2.96. The minimum atomic E-state index is 0.822. The van der Waals surface area contributed by atoms with E-state index >= 15 is 0 Å². The summed E-state index contributed by atoms with van der Waals surface area (Å²) in [5, 5.41) is 4.44. The summed E-state index contributed by atoms with van der Waals surface area (Å²) < 4.78 is 0. The van der Waals surface area contributed by atoms with Crippen LogP contribution in [-0.2, 0) is 0 Å². The number of fused-ring (bicyclic) bond motifs is 1. The lowest BCUT2D eigenvalue weighted by atomic mass is 10.1. The largest absolute Gasteiger partial charge is 0.369 e. The van der Waals surface area contributed by atoms with E-state index in [1.165, 1.54) is 5.56 Å². The van der Waals surface area contributed by atoms with Crippen molar-refractivity contribution in [3.8, 4) is 0 Å². The minimum absolute atomic E-state index is 0.822. The second-order valence-electron chi connectivity index (χ2n) is 4.88. The van der Waals surface area contributed by atoms with Crippen molar-refractivity contribution < 1.29 is 0 Å². The van der Waals surface area contributed by atoms with Crippen molar-refractivity contribution in [3.63, 3.8) is 0 Å². The molecule has 2 rings (SSSR count). The second kappa shape index (κ2) is 5.31. The van der Waals surface area contributed by atoms with Crippen molar-refractivity contribution in [2.75, 3.05) is 32.5 Å². The van der Waals surface area contributed by atoms with Crippen LogP contribution in [0.2, 0.25) is 0 Å². The second-order valence-corrected chi connectivity index (χ2v) is 4.88. The molecule has 0 atom stereocenters. The monoisotopic (exact) mass is 244 g/mol. The average molecular weight is 244 g/mol. The van der Waals surface area contributed by atoms with Crippen LogP contribution in [0.5, 0.6) is 0 Å². The summed E-state index contributed by atoms with van der Waals surface area (Å²) in [6.45, 7) is 5.97. The van der Waals surface area contributed by atoms with Gasteiger partial charge in [-0.3, -0.25) is 0 Å². The van der Waals surface area contributed by atoms with E-state index in [-0.39, 0.29) is 0 Å². The normalized spacial score (nSPS) is 11.2. The Kier molecular flexibility index (Phi) is 3.77. The zero-order valence-corrected chi connectivity index (χ0v) is 11.5. The van der Waals surface area contributed by atoms with Gasteiger partial charge in [0.1, 0.15) is 5.82 Å². The number of aryl methyl sites for hydroxylation is 2. The van der Waals surface area contributed by atoms with E-state index in [4.69, 9.17) is 0 Å². The molecule has 0 aliphatic heterocycles. The Balaban J connectivity index is 2.21. The van der Waals surface area contributed by atoms with Crippen molar-refractivity contribution in [2.45, 2.75) is 13.8 Å². The molecule has 4 nitrogen and oxygen atoms in total. The van der Waals surface area contributed by atoms with Gasteiger partial charge in [-0.05, 0) is 51.7 Å². The lowest BCUT2D eigenvalue weighted by molar-refractivity contribution is 0.425. The molecule has 2 heterocycles. The topological polar surface area (TPSA) is 41.0 Å². The number of pyridine rings is 2. The molecule has 0 aliphatic carbocycles. The van der Waals surface area contributed by atoms with Gasteiger partial charge >= 0.3 is 0 Å². The number of nitrogens with zero attached hydrogens (tertiary/aromatic N) is 3. The van der Waals surface area contributed by atoms with Gasteiger partial charge in [0.2, 0.25) is 0 Å². The molecule has 0 bridgehead atoms. The summed E-state index contributed by atoms with van der Waals surface area (Å²) in [7, 11) is 4.12. The van der Waals surface area contributed by atoms with Crippen molar-refractivity contribution in [1.29, 1.82) is 0 Å². The first-order chi connectivity index (χ1) is 8.56. The van der Waals surface area contributed by atoms with Gasteiger partial charge in [0.05, 0.1) is 0 Å². The highest BCUT2D eigenvalue weighted by Crippen LogP contribution is 2.18. The molecule has 0 radical (unpaired) electrons. The molecule has 0 amide bonds. The van der Waals surface area contributed by atoms with Gasteiger partial charge in [0, 0.05) is 24.2 Å². The predicted octanol–water partition coefficient (Wildman–Crippen LogP) is 2.22. The standard InChI is InChI=1S/C14H20N4/c1-10-9-11(2)16-14-12(10)5-6-13(17-14)15-7-8-18(3)4/h5-6,9H,7-8H2,1-4H3,(H,15,16,17). The molecule has 0 spiro atoms. The summed E-state index contributed by atoms with van der Waals surface area (Å²) in [6.07, 6.45) is 0. The molecule has 2 aromatic heterocycles. The van der Waals surface area contributed by atoms with Gasteiger partial charge in [-0.1, -0.05) is 0 Å². The molecule has 0 saturated heterocycles. The Morgan fingerprint density at radius 2 is 1.94 bits per heavy atom. The van der Waals surface area contributed by atoms with Crippen molar-refractivity contribution in [1.82, 2.24) is 14.9 Å². The number of nitrogens with one attached hydrogen (secondary N) is 1. The van der Waals surface area contributed by atoms with Crippen LogP contribution in [0.4, 0.5) is 5.82 Å². The highest BCUT2D eigenvalue weighted by atomic mass is 15.1. The first-order valence-electron chi connectivity index (χ1n) is 6.20. The molecule has 0 aliphatic rings. The average Bonchev–Trinajstić information content (AvgIpc) is 2.27. The maximum Gasteiger partial charge on any atom is 0.162 e. The fourth-order valence-corrected chi connectivity index (χ4v) is 1.94. The lowest BCUT2D eigenvalue weighted by Crippen LogP contribution is -2.21. The number of hydrogen-bond donors (Lipinski definition) is 1. The maximum absolute atomic E-state index is 4.55. The third-order valence-corrected chi connectivity index (χ3v) is 2.87. The molecule has 0 unspecified atom stereocenters. The van der Waals surface area contributed by atoms with E-state index in [9.17, 15) is 0 Å². The van der Waals surface area contributed by atoms with Crippen LogP contribution >= 0.6 is 0 Å². The zero-order valence-electron chi connectivity index (χ0n) is 11.5. The van der Waals surface area contributed by atoms with Gasteiger partial charge in [-0.25, -0.2) is 9.97 Å². The van der Waals surface area contributed by atoms with Crippen LogP contribution in [0.25, 0.3) is 11.0 Å². The zero-order chi connectivity index (χ0) is 13.1.